The van der Waals surface area contributed by atoms with Crippen molar-refractivity contribution in [2.75, 3.05) is 24.6 Å². The van der Waals surface area contributed by atoms with Gasteiger partial charge in [0, 0.05) is 18.0 Å². The maximum absolute atomic E-state index is 12.2. The Bertz CT molecular complexity index is 788. The van der Waals surface area contributed by atoms with Gasteiger partial charge in [0.25, 0.3) is 0 Å². The van der Waals surface area contributed by atoms with Crippen LogP contribution in [0.1, 0.15) is 43.6 Å². The molecular weight excluding hydrogens is 334 g/mol. The fourth-order valence-electron chi connectivity index (χ4n) is 4.12. The molecule has 0 unspecified atom stereocenters. The van der Waals surface area contributed by atoms with E-state index in [4.69, 9.17) is 4.74 Å². The second-order valence-electron chi connectivity index (χ2n) is 7.27. The lowest BCUT2D eigenvalue weighted by molar-refractivity contribution is -0.148. The molecule has 3 heterocycles. The highest BCUT2D eigenvalue weighted by atomic mass is 32.1. The van der Waals surface area contributed by atoms with Gasteiger partial charge in [-0.05, 0) is 50.5 Å². The molecule has 2 atom stereocenters. The number of nitrogens with zero attached hydrogens (tertiary/aromatic N) is 3. The number of piperidine rings is 1. The highest BCUT2D eigenvalue weighted by Gasteiger charge is 2.30. The smallest absolute Gasteiger partial charge is 0.310 e. The van der Waals surface area contributed by atoms with E-state index in [1.54, 1.807) is 6.33 Å². The molecule has 25 heavy (non-hydrogen) atoms. The zero-order valence-corrected chi connectivity index (χ0v) is 15.8. The molecule has 0 bridgehead atoms. The van der Waals surface area contributed by atoms with Crippen molar-refractivity contribution in [1.29, 1.82) is 0 Å². The highest BCUT2D eigenvalue weighted by molar-refractivity contribution is 7.19. The maximum atomic E-state index is 12.2. The molecule has 1 fully saturated rings. The summed E-state index contributed by atoms with van der Waals surface area (Å²) in [5.74, 6) is 1.65. The van der Waals surface area contributed by atoms with Crippen molar-refractivity contribution in [3.8, 4) is 0 Å². The van der Waals surface area contributed by atoms with Crippen molar-refractivity contribution >= 4 is 33.3 Å². The van der Waals surface area contributed by atoms with Gasteiger partial charge in [-0.15, -0.1) is 11.3 Å². The van der Waals surface area contributed by atoms with E-state index < -0.39 is 0 Å². The number of thiophene rings is 1. The third-order valence-electron chi connectivity index (χ3n) is 5.41. The molecule has 0 N–H and O–H groups in total. The Balaban J connectivity index is 1.68. The Morgan fingerprint density at radius 3 is 3.12 bits per heavy atom. The summed E-state index contributed by atoms with van der Waals surface area (Å²) in [6.07, 6.45) is 7.09. The summed E-state index contributed by atoms with van der Waals surface area (Å²) < 4.78 is 5.24. The van der Waals surface area contributed by atoms with Crippen LogP contribution in [0.4, 0.5) is 5.82 Å². The number of carbonyl (C=O) groups excluding carboxylic acids is 1. The first-order valence-corrected chi connectivity index (χ1v) is 10.2. The van der Waals surface area contributed by atoms with Crippen LogP contribution in [0.25, 0.3) is 10.2 Å². The van der Waals surface area contributed by atoms with Gasteiger partial charge in [-0.25, -0.2) is 9.97 Å². The summed E-state index contributed by atoms with van der Waals surface area (Å²) in [7, 11) is 0. The van der Waals surface area contributed by atoms with E-state index >= 15 is 0 Å². The van der Waals surface area contributed by atoms with Crippen LogP contribution in [-0.4, -0.2) is 35.6 Å². The fourth-order valence-corrected chi connectivity index (χ4v) is 5.47. The monoisotopic (exact) mass is 359 g/mol. The minimum Gasteiger partial charge on any atom is -0.466 e. The first kappa shape index (κ1) is 16.8. The molecule has 0 saturated carbocycles. The van der Waals surface area contributed by atoms with E-state index in [0.717, 1.165) is 48.8 Å². The number of aryl methyl sites for hydroxylation is 1. The average Bonchev–Trinajstić information content (AvgIpc) is 2.99. The van der Waals surface area contributed by atoms with Gasteiger partial charge < -0.3 is 9.64 Å². The highest BCUT2D eigenvalue weighted by Crippen LogP contribution is 2.41. The third kappa shape index (κ3) is 3.12. The average molecular weight is 359 g/mol. The van der Waals surface area contributed by atoms with Crippen LogP contribution < -0.4 is 4.90 Å². The van der Waals surface area contributed by atoms with Crippen LogP contribution >= 0.6 is 11.3 Å². The number of hydrogen-bond acceptors (Lipinski definition) is 6. The molecule has 1 saturated heterocycles. The van der Waals surface area contributed by atoms with Crippen LogP contribution in [0.5, 0.6) is 0 Å². The Kier molecular flexibility index (Phi) is 4.63. The van der Waals surface area contributed by atoms with E-state index in [2.05, 4.69) is 21.8 Å². The molecule has 0 radical (unpaired) electrons. The minimum absolute atomic E-state index is 0.0480. The number of aromatic nitrogens is 2. The number of carbonyl (C=O) groups is 1. The molecule has 5 nitrogen and oxygen atoms in total. The topological polar surface area (TPSA) is 55.3 Å². The second kappa shape index (κ2) is 6.90. The van der Waals surface area contributed by atoms with Crippen molar-refractivity contribution in [3.63, 3.8) is 0 Å². The third-order valence-corrected chi connectivity index (χ3v) is 6.57. The molecule has 2 aromatic rings. The summed E-state index contributed by atoms with van der Waals surface area (Å²) in [6.45, 7) is 6.29. The van der Waals surface area contributed by atoms with Crippen molar-refractivity contribution in [2.45, 2.75) is 46.0 Å². The molecule has 2 aromatic heterocycles. The zero-order chi connectivity index (χ0) is 17.4. The van der Waals surface area contributed by atoms with Gasteiger partial charge in [0.2, 0.25) is 0 Å². The van der Waals surface area contributed by atoms with E-state index in [1.165, 1.54) is 22.2 Å². The molecule has 1 aliphatic carbocycles. The number of anilines is 1. The lowest BCUT2D eigenvalue weighted by Crippen LogP contribution is -2.40. The van der Waals surface area contributed by atoms with Gasteiger partial charge in [-0.2, -0.15) is 0 Å². The Labute approximate surface area is 152 Å². The maximum Gasteiger partial charge on any atom is 0.310 e. The number of hydrogen-bond donors (Lipinski definition) is 0. The Morgan fingerprint density at radius 2 is 2.28 bits per heavy atom. The molecule has 6 heteroatoms. The number of rotatable bonds is 3. The standard InChI is InChI=1S/C19H25N3O2S/c1-3-24-19(23)13-5-4-8-22(10-13)17-16-14-7-6-12(2)9-15(14)25-18(16)21-11-20-17/h11-13H,3-10H2,1-2H3/t12-,13-/m0/s1. The predicted molar refractivity (Wildman–Crippen MR) is 100 cm³/mol. The molecule has 4 rings (SSSR count). The van der Waals surface area contributed by atoms with Gasteiger partial charge in [0.1, 0.15) is 17.0 Å². The molecule has 134 valence electrons. The fraction of sp³-hybridized carbons (Fsp3) is 0.632. The normalized spacial score (nSPS) is 23.5. The lowest BCUT2D eigenvalue weighted by Gasteiger charge is -2.33. The van der Waals surface area contributed by atoms with E-state index in [9.17, 15) is 4.79 Å². The molecule has 0 amide bonds. The van der Waals surface area contributed by atoms with E-state index in [0.29, 0.717) is 13.2 Å². The minimum atomic E-state index is -0.0707. The van der Waals surface area contributed by atoms with Crippen LogP contribution in [0.3, 0.4) is 0 Å². The lowest BCUT2D eigenvalue weighted by atomic mass is 9.89. The van der Waals surface area contributed by atoms with Gasteiger partial charge in [0.05, 0.1) is 17.9 Å². The van der Waals surface area contributed by atoms with Gasteiger partial charge in [-0.1, -0.05) is 6.92 Å². The first-order valence-electron chi connectivity index (χ1n) is 9.34. The largest absolute Gasteiger partial charge is 0.466 e. The van der Waals surface area contributed by atoms with Crippen molar-refractivity contribution in [3.05, 3.63) is 16.8 Å². The molecule has 1 aliphatic heterocycles. The summed E-state index contributed by atoms with van der Waals surface area (Å²) in [5, 5.41) is 1.24. The van der Waals surface area contributed by atoms with Crippen molar-refractivity contribution in [2.24, 2.45) is 11.8 Å². The SMILES string of the molecule is CCOC(=O)[C@H]1CCCN(c2ncnc3sc4c(c23)CC[C@H](C)C4)C1. The summed E-state index contributed by atoms with van der Waals surface area (Å²) in [6, 6.07) is 0. The Hall–Kier alpha value is -1.69. The molecule has 0 spiro atoms. The first-order chi connectivity index (χ1) is 12.2. The van der Waals surface area contributed by atoms with Gasteiger partial charge in [-0.3, -0.25) is 4.79 Å². The molecule has 0 aromatic carbocycles. The zero-order valence-electron chi connectivity index (χ0n) is 15.0. The van der Waals surface area contributed by atoms with Crippen LogP contribution in [0.15, 0.2) is 6.33 Å². The molecule has 2 aliphatic rings. The summed E-state index contributed by atoms with van der Waals surface area (Å²) in [4.78, 5) is 26.2. The number of ether oxygens (including phenoxy) is 1. The summed E-state index contributed by atoms with van der Waals surface area (Å²) in [5.41, 5.74) is 1.45. The summed E-state index contributed by atoms with van der Waals surface area (Å²) >= 11 is 1.83. The van der Waals surface area contributed by atoms with Crippen molar-refractivity contribution < 1.29 is 9.53 Å². The van der Waals surface area contributed by atoms with Gasteiger partial charge >= 0.3 is 5.97 Å². The van der Waals surface area contributed by atoms with Gasteiger partial charge in [0.15, 0.2) is 0 Å². The number of fused-ring (bicyclic) bond motifs is 3. The van der Waals surface area contributed by atoms with Crippen LogP contribution in [0.2, 0.25) is 0 Å². The van der Waals surface area contributed by atoms with Crippen LogP contribution in [0, 0.1) is 11.8 Å². The van der Waals surface area contributed by atoms with E-state index in [1.807, 2.05) is 18.3 Å². The number of esters is 1. The predicted octanol–water partition coefficient (Wildman–Crippen LogP) is 3.60. The Morgan fingerprint density at radius 1 is 1.40 bits per heavy atom. The van der Waals surface area contributed by atoms with Crippen molar-refractivity contribution in [1.82, 2.24) is 9.97 Å². The molecular formula is C19H25N3O2S. The second-order valence-corrected chi connectivity index (χ2v) is 8.35. The quantitative estimate of drug-likeness (QED) is 0.784. The van der Waals surface area contributed by atoms with Crippen LogP contribution in [-0.2, 0) is 22.4 Å². The van der Waals surface area contributed by atoms with E-state index in [-0.39, 0.29) is 11.9 Å².